The second kappa shape index (κ2) is 7.13. The zero-order valence-corrected chi connectivity index (χ0v) is 18.1. The fraction of sp³-hybridized carbons (Fsp3) is 0.500. The lowest BCUT2D eigenvalue weighted by Gasteiger charge is -2.32. The number of rotatable bonds is 5. The second-order valence-corrected chi connectivity index (χ2v) is 9.21. The Morgan fingerprint density at radius 3 is 2.53 bits per heavy atom. The molecule has 0 radical (unpaired) electrons. The van der Waals surface area contributed by atoms with Gasteiger partial charge in [0.25, 0.3) is 5.91 Å². The molecular weight excluding hydrogens is 410 g/mol. The van der Waals surface area contributed by atoms with Crippen LogP contribution in [-0.2, 0) is 4.74 Å². The van der Waals surface area contributed by atoms with Crippen molar-refractivity contribution in [1.82, 2.24) is 19.9 Å². The highest BCUT2D eigenvalue weighted by molar-refractivity contribution is 6.15. The molecule has 3 fully saturated rings. The quantitative estimate of drug-likeness (QED) is 0.623. The van der Waals surface area contributed by atoms with Crippen LogP contribution in [0.3, 0.4) is 0 Å². The molecule has 10 heteroatoms. The molecule has 166 valence electrons. The molecule has 0 spiro atoms. The molecule has 0 aromatic carbocycles. The maximum Gasteiger partial charge on any atom is 0.260 e. The molecule has 5 heterocycles. The van der Waals surface area contributed by atoms with Crippen LogP contribution in [0.2, 0.25) is 0 Å². The van der Waals surface area contributed by atoms with E-state index in [0.717, 1.165) is 38.8 Å². The zero-order chi connectivity index (χ0) is 21.9. The first-order valence-electron chi connectivity index (χ1n) is 11.0. The number of hydrogen-bond donors (Lipinski definition) is 2. The minimum atomic E-state index is -0.305. The van der Waals surface area contributed by atoms with Crippen molar-refractivity contribution >= 4 is 34.5 Å². The van der Waals surface area contributed by atoms with Crippen LogP contribution in [0.15, 0.2) is 23.1 Å². The molecule has 6 rings (SSSR count). The van der Waals surface area contributed by atoms with Gasteiger partial charge in [-0.1, -0.05) is 0 Å². The topological polar surface area (TPSA) is 118 Å². The van der Waals surface area contributed by atoms with Crippen LogP contribution in [0.1, 0.15) is 48.7 Å². The molecule has 2 atom stereocenters. The predicted octanol–water partition coefficient (Wildman–Crippen LogP) is 2.91. The van der Waals surface area contributed by atoms with Gasteiger partial charge < -0.3 is 24.7 Å². The van der Waals surface area contributed by atoms with Crippen LogP contribution in [0.4, 0.5) is 17.5 Å². The second-order valence-electron chi connectivity index (χ2n) is 9.21. The van der Waals surface area contributed by atoms with Crippen LogP contribution < -0.4 is 15.5 Å². The Labute approximate surface area is 184 Å². The summed E-state index contributed by atoms with van der Waals surface area (Å²) in [5.41, 5.74) is 1.33. The summed E-state index contributed by atoms with van der Waals surface area (Å²) in [5.74, 6) is 1.46. The van der Waals surface area contributed by atoms with Gasteiger partial charge in [-0.15, -0.1) is 0 Å². The summed E-state index contributed by atoms with van der Waals surface area (Å²) >= 11 is 0. The highest BCUT2D eigenvalue weighted by atomic mass is 16.5. The van der Waals surface area contributed by atoms with Crippen molar-refractivity contribution in [2.75, 3.05) is 28.6 Å². The number of amides is 1. The third kappa shape index (κ3) is 3.44. The third-order valence-corrected chi connectivity index (χ3v) is 6.53. The first kappa shape index (κ1) is 19.4. The Morgan fingerprint density at radius 1 is 1.12 bits per heavy atom. The molecule has 2 bridgehead atoms. The number of morpholine rings is 1. The minimum absolute atomic E-state index is 0.00282. The van der Waals surface area contributed by atoms with E-state index in [0.29, 0.717) is 39.9 Å². The number of ether oxygens (including phenoxy) is 1. The van der Waals surface area contributed by atoms with Gasteiger partial charge in [0.1, 0.15) is 17.9 Å². The molecule has 10 nitrogen and oxygen atoms in total. The third-order valence-electron chi connectivity index (χ3n) is 6.53. The van der Waals surface area contributed by atoms with E-state index in [-0.39, 0.29) is 23.7 Å². The van der Waals surface area contributed by atoms with E-state index in [4.69, 9.17) is 9.15 Å². The molecule has 3 aromatic rings. The van der Waals surface area contributed by atoms with Gasteiger partial charge in [0.15, 0.2) is 0 Å². The Morgan fingerprint density at radius 2 is 1.84 bits per heavy atom. The normalized spacial score (nSPS) is 23.4. The van der Waals surface area contributed by atoms with Crippen molar-refractivity contribution in [1.29, 1.82) is 0 Å². The van der Waals surface area contributed by atoms with Gasteiger partial charge in [-0.05, 0) is 39.5 Å². The number of aromatic nitrogens is 4. The summed E-state index contributed by atoms with van der Waals surface area (Å²) in [6, 6.07) is 0. The molecule has 1 amide bonds. The van der Waals surface area contributed by atoms with Gasteiger partial charge in [-0.25, -0.2) is 19.9 Å². The lowest BCUT2D eigenvalue weighted by Crippen LogP contribution is -2.43. The van der Waals surface area contributed by atoms with Gasteiger partial charge in [0.2, 0.25) is 11.7 Å². The number of nitrogens with one attached hydrogen (secondary N) is 2. The number of furan rings is 1. The first-order chi connectivity index (χ1) is 15.5. The van der Waals surface area contributed by atoms with Crippen molar-refractivity contribution < 1.29 is 13.9 Å². The minimum Gasteiger partial charge on any atom is -0.442 e. The number of anilines is 3. The van der Waals surface area contributed by atoms with Crippen molar-refractivity contribution in [3.63, 3.8) is 0 Å². The highest BCUT2D eigenvalue weighted by Crippen LogP contribution is 2.40. The zero-order valence-electron chi connectivity index (χ0n) is 18.1. The molecule has 2 aliphatic heterocycles. The molecule has 1 saturated carbocycles. The monoisotopic (exact) mass is 435 g/mol. The lowest BCUT2D eigenvalue weighted by atomic mass is 10.1. The molecule has 2 unspecified atom stereocenters. The van der Waals surface area contributed by atoms with Crippen molar-refractivity contribution in [3.8, 4) is 0 Å². The van der Waals surface area contributed by atoms with E-state index >= 15 is 0 Å². The molecule has 32 heavy (non-hydrogen) atoms. The summed E-state index contributed by atoms with van der Waals surface area (Å²) in [6.07, 6.45) is 9.54. The molecule has 3 aliphatic rings. The summed E-state index contributed by atoms with van der Waals surface area (Å²) in [4.78, 5) is 32.9. The Kier molecular flexibility index (Phi) is 4.32. The van der Waals surface area contributed by atoms with Crippen LogP contribution in [0.5, 0.6) is 0 Å². The van der Waals surface area contributed by atoms with Crippen LogP contribution in [-0.4, -0.2) is 56.7 Å². The van der Waals surface area contributed by atoms with E-state index in [1.54, 1.807) is 19.3 Å². The smallest absolute Gasteiger partial charge is 0.260 e. The fourth-order valence-corrected chi connectivity index (χ4v) is 4.53. The molecule has 2 N–H and O–H groups in total. The fourth-order valence-electron chi connectivity index (χ4n) is 4.53. The lowest BCUT2D eigenvalue weighted by molar-refractivity contribution is 0.0299. The van der Waals surface area contributed by atoms with E-state index in [2.05, 4.69) is 42.4 Å². The molecular formula is C22H25N7O3. The number of hydrogen-bond acceptors (Lipinski definition) is 9. The van der Waals surface area contributed by atoms with E-state index in [1.807, 2.05) is 0 Å². The van der Waals surface area contributed by atoms with Crippen molar-refractivity contribution in [2.45, 2.75) is 57.3 Å². The average Bonchev–Trinajstić information content (AvgIpc) is 3.25. The number of carbonyl (C=O) groups excluding carboxylic acids is 1. The molecule has 1 aliphatic carbocycles. The summed E-state index contributed by atoms with van der Waals surface area (Å²) < 4.78 is 11.6. The summed E-state index contributed by atoms with van der Waals surface area (Å²) in [7, 11) is 0. The SMILES string of the molecule is Cc1oc2ncnc(NC3(C)CC3)c2c1C(=O)Nc1cnc(N2CC3CCC(C2)O3)nc1. The molecule has 2 saturated heterocycles. The largest absolute Gasteiger partial charge is 0.442 e. The van der Waals surface area contributed by atoms with Gasteiger partial charge >= 0.3 is 0 Å². The van der Waals surface area contributed by atoms with E-state index in [9.17, 15) is 4.79 Å². The number of fused-ring (bicyclic) bond motifs is 3. The highest BCUT2D eigenvalue weighted by Gasteiger charge is 2.39. The van der Waals surface area contributed by atoms with Crippen LogP contribution in [0, 0.1) is 6.92 Å². The van der Waals surface area contributed by atoms with Gasteiger partial charge in [0.05, 0.1) is 41.2 Å². The maximum atomic E-state index is 13.2. The molecule has 3 aromatic heterocycles. The van der Waals surface area contributed by atoms with Crippen LogP contribution >= 0.6 is 0 Å². The van der Waals surface area contributed by atoms with Gasteiger partial charge in [-0.2, -0.15) is 0 Å². The summed E-state index contributed by atoms with van der Waals surface area (Å²) in [6.45, 7) is 5.49. The predicted molar refractivity (Wildman–Crippen MR) is 118 cm³/mol. The Hall–Kier alpha value is -3.27. The first-order valence-corrected chi connectivity index (χ1v) is 11.0. The Bertz CT molecular complexity index is 1180. The standard InChI is InChI=1S/C22H25N7O3/c1-12-16(17-18(28-22(2)5-6-22)25-11-26-20(17)31-12)19(30)27-13-7-23-21(24-8-13)29-9-14-3-4-15(10-29)32-14/h7-8,11,14-15H,3-6,9-10H2,1-2H3,(H,27,30)(H,25,26,28). The maximum absolute atomic E-state index is 13.2. The van der Waals surface area contributed by atoms with Crippen molar-refractivity contribution in [2.24, 2.45) is 0 Å². The average molecular weight is 435 g/mol. The van der Waals surface area contributed by atoms with Gasteiger partial charge in [0, 0.05) is 18.6 Å². The number of nitrogens with zero attached hydrogens (tertiary/aromatic N) is 5. The Balaban J connectivity index is 1.23. The summed E-state index contributed by atoms with van der Waals surface area (Å²) in [5, 5.41) is 6.92. The van der Waals surface area contributed by atoms with Crippen molar-refractivity contribution in [3.05, 3.63) is 30.0 Å². The van der Waals surface area contributed by atoms with E-state index < -0.39 is 0 Å². The van der Waals surface area contributed by atoms with Gasteiger partial charge in [-0.3, -0.25) is 4.79 Å². The number of carbonyl (C=O) groups is 1. The van der Waals surface area contributed by atoms with E-state index in [1.165, 1.54) is 6.33 Å². The van der Waals surface area contributed by atoms with Crippen LogP contribution in [0.25, 0.3) is 11.1 Å². The number of aryl methyl sites for hydroxylation is 1.